The van der Waals surface area contributed by atoms with Crippen LogP contribution in [0, 0.1) is 20.2 Å². The van der Waals surface area contributed by atoms with Crippen LogP contribution in [0.15, 0.2) is 71.8 Å². The van der Waals surface area contributed by atoms with Crippen molar-refractivity contribution in [2.75, 3.05) is 5.43 Å². The van der Waals surface area contributed by atoms with Crippen molar-refractivity contribution in [2.45, 2.75) is 0 Å². The van der Waals surface area contributed by atoms with E-state index in [-0.39, 0.29) is 17.2 Å². The standard InChI is InChI=1S/C21H14N4O6/c26-19-10-8-15-16(21(19)27)7-5-12-3-1-2-4-14(12)20(15)23-22-17-9-6-13(24(28)29)11-18(17)25(30)31/h1-11,22,26-27H. The van der Waals surface area contributed by atoms with Crippen molar-refractivity contribution in [3.05, 3.63) is 92.3 Å². The van der Waals surface area contributed by atoms with Crippen LogP contribution < -0.4 is 10.8 Å². The van der Waals surface area contributed by atoms with Crippen LogP contribution in [0.5, 0.6) is 11.5 Å². The smallest absolute Gasteiger partial charge is 0.301 e. The highest BCUT2D eigenvalue weighted by atomic mass is 16.6. The molecule has 0 unspecified atom stereocenters. The number of aromatic hydroxyl groups is 2. The van der Waals surface area contributed by atoms with Crippen LogP contribution in [0.4, 0.5) is 17.1 Å². The van der Waals surface area contributed by atoms with Crippen LogP contribution in [0.3, 0.4) is 0 Å². The maximum Gasteiger partial charge on any atom is 0.301 e. The predicted molar refractivity (Wildman–Crippen MR) is 114 cm³/mol. The molecule has 0 aliphatic rings. The molecule has 0 amide bonds. The van der Waals surface area contributed by atoms with Gasteiger partial charge in [-0.15, -0.1) is 0 Å². The Morgan fingerprint density at radius 2 is 1.55 bits per heavy atom. The zero-order chi connectivity index (χ0) is 22.1. The minimum Gasteiger partial charge on any atom is -0.504 e. The normalized spacial score (nSPS) is 11.5. The Hall–Kier alpha value is -4.73. The molecule has 0 aliphatic heterocycles. The van der Waals surface area contributed by atoms with Gasteiger partial charge in [-0.05, 0) is 29.7 Å². The lowest BCUT2D eigenvalue weighted by molar-refractivity contribution is -0.393. The van der Waals surface area contributed by atoms with E-state index in [4.69, 9.17) is 0 Å². The molecule has 0 saturated heterocycles. The Kier molecular flexibility index (Phi) is 4.80. The number of phenolic OH excluding ortho intramolecular Hbond substituents is 2. The van der Waals surface area contributed by atoms with Crippen LogP contribution in [-0.4, -0.2) is 20.1 Å². The fourth-order valence-electron chi connectivity index (χ4n) is 3.26. The average molecular weight is 418 g/mol. The molecule has 0 heterocycles. The number of hydrogen-bond donors (Lipinski definition) is 3. The van der Waals surface area contributed by atoms with Crippen molar-refractivity contribution in [3.63, 3.8) is 0 Å². The molecule has 31 heavy (non-hydrogen) atoms. The second-order valence-corrected chi connectivity index (χ2v) is 6.60. The van der Waals surface area contributed by atoms with Gasteiger partial charge in [-0.2, -0.15) is 5.10 Å². The molecule has 0 bridgehead atoms. The zero-order valence-electron chi connectivity index (χ0n) is 15.7. The first-order valence-electron chi connectivity index (χ1n) is 8.96. The van der Waals surface area contributed by atoms with Gasteiger partial charge in [-0.25, -0.2) is 0 Å². The first-order valence-corrected chi connectivity index (χ1v) is 8.96. The van der Waals surface area contributed by atoms with Gasteiger partial charge in [0.25, 0.3) is 5.69 Å². The molecule has 0 spiro atoms. The number of nitro benzene ring substituents is 2. The molecule has 4 aromatic carbocycles. The fourth-order valence-corrected chi connectivity index (χ4v) is 3.26. The van der Waals surface area contributed by atoms with Gasteiger partial charge >= 0.3 is 5.69 Å². The van der Waals surface area contributed by atoms with Gasteiger partial charge in [0, 0.05) is 22.2 Å². The Bertz CT molecular complexity index is 1450. The van der Waals surface area contributed by atoms with Crippen molar-refractivity contribution in [2.24, 2.45) is 5.10 Å². The van der Waals surface area contributed by atoms with Gasteiger partial charge < -0.3 is 10.2 Å². The molecular formula is C21H14N4O6. The third-order valence-electron chi connectivity index (χ3n) is 4.77. The highest BCUT2D eigenvalue weighted by Gasteiger charge is 2.19. The maximum absolute atomic E-state index is 11.4. The number of nitrogens with zero attached hydrogens (tertiary/aromatic N) is 3. The van der Waals surface area contributed by atoms with Crippen molar-refractivity contribution in [1.29, 1.82) is 0 Å². The number of nitrogens with one attached hydrogen (secondary N) is 1. The van der Waals surface area contributed by atoms with Gasteiger partial charge in [-0.1, -0.05) is 30.3 Å². The van der Waals surface area contributed by atoms with Gasteiger partial charge in [0.05, 0.1) is 21.3 Å². The number of anilines is 1. The molecular weight excluding hydrogens is 404 g/mol. The monoisotopic (exact) mass is 418 g/mol. The predicted octanol–water partition coefficient (Wildman–Crippen LogP) is 4.15. The number of fused-ring (bicyclic) bond motifs is 2. The lowest BCUT2D eigenvalue weighted by atomic mass is 10.1. The molecule has 4 rings (SSSR count). The first-order chi connectivity index (χ1) is 14.9. The number of phenols is 2. The zero-order valence-corrected chi connectivity index (χ0v) is 15.7. The highest BCUT2D eigenvalue weighted by molar-refractivity contribution is 5.96. The third kappa shape index (κ3) is 3.53. The summed E-state index contributed by atoms with van der Waals surface area (Å²) in [5.74, 6) is -0.622. The van der Waals surface area contributed by atoms with E-state index in [1.807, 2.05) is 12.1 Å². The molecule has 3 N–H and O–H groups in total. The number of hydrogen-bond acceptors (Lipinski definition) is 8. The summed E-state index contributed by atoms with van der Waals surface area (Å²) in [6, 6.07) is 16.7. The number of non-ortho nitro benzene ring substituents is 1. The summed E-state index contributed by atoms with van der Waals surface area (Å²) in [4.78, 5) is 20.9. The highest BCUT2D eigenvalue weighted by Crippen LogP contribution is 2.33. The number of rotatable bonds is 4. The summed E-state index contributed by atoms with van der Waals surface area (Å²) in [7, 11) is 0. The minimum atomic E-state index is -0.740. The van der Waals surface area contributed by atoms with Crippen LogP contribution in [-0.2, 0) is 0 Å². The Labute approximate surface area is 173 Å². The van der Waals surface area contributed by atoms with Gasteiger partial charge in [0.15, 0.2) is 11.5 Å². The SMILES string of the molecule is O=[N+]([O-])c1ccc(NN=c2c3ccccc3ccc3c(O)c(O)ccc23)c([N+](=O)[O-])c1. The van der Waals surface area contributed by atoms with E-state index in [1.54, 1.807) is 30.3 Å². The van der Waals surface area contributed by atoms with Crippen LogP contribution in [0.2, 0.25) is 0 Å². The number of nitro groups is 2. The Balaban J connectivity index is 2.01. The molecule has 0 aromatic heterocycles. The summed E-state index contributed by atoms with van der Waals surface area (Å²) in [5.41, 5.74) is 1.66. The summed E-state index contributed by atoms with van der Waals surface area (Å²) in [6.45, 7) is 0. The van der Waals surface area contributed by atoms with Crippen molar-refractivity contribution in [1.82, 2.24) is 0 Å². The molecule has 0 aliphatic carbocycles. The van der Waals surface area contributed by atoms with Crippen molar-refractivity contribution in [3.8, 4) is 11.5 Å². The van der Waals surface area contributed by atoms with Gasteiger partial charge in [0.2, 0.25) is 0 Å². The Morgan fingerprint density at radius 1 is 0.806 bits per heavy atom. The minimum absolute atomic E-state index is 0.0395. The van der Waals surface area contributed by atoms with E-state index in [1.165, 1.54) is 12.1 Å². The van der Waals surface area contributed by atoms with Gasteiger partial charge in [0.1, 0.15) is 5.69 Å². The molecule has 154 valence electrons. The lowest BCUT2D eigenvalue weighted by Crippen LogP contribution is -2.07. The maximum atomic E-state index is 11.4. The molecule has 10 nitrogen and oxygen atoms in total. The van der Waals surface area contributed by atoms with E-state index in [0.717, 1.165) is 17.5 Å². The van der Waals surface area contributed by atoms with E-state index in [9.17, 15) is 30.4 Å². The molecule has 0 saturated carbocycles. The third-order valence-corrected chi connectivity index (χ3v) is 4.77. The Morgan fingerprint density at radius 3 is 2.29 bits per heavy atom. The van der Waals surface area contributed by atoms with Crippen LogP contribution in [0.25, 0.3) is 21.5 Å². The average Bonchev–Trinajstić information content (AvgIpc) is 2.91. The fraction of sp³-hybridized carbons (Fsp3) is 0. The summed E-state index contributed by atoms with van der Waals surface area (Å²) < 4.78 is 0. The molecule has 10 heteroatoms. The summed E-state index contributed by atoms with van der Waals surface area (Å²) in [5, 5.41) is 49.5. The van der Waals surface area contributed by atoms with Crippen LogP contribution >= 0.6 is 0 Å². The quantitative estimate of drug-likeness (QED) is 0.256. The molecule has 4 aromatic rings. The lowest BCUT2D eigenvalue weighted by Gasteiger charge is -2.04. The van der Waals surface area contributed by atoms with Gasteiger partial charge in [-0.3, -0.25) is 25.7 Å². The summed E-state index contributed by atoms with van der Waals surface area (Å²) in [6.07, 6.45) is 0. The first kappa shape index (κ1) is 19.6. The summed E-state index contributed by atoms with van der Waals surface area (Å²) >= 11 is 0. The van der Waals surface area contributed by atoms with E-state index < -0.39 is 21.2 Å². The largest absolute Gasteiger partial charge is 0.504 e. The molecule has 0 fully saturated rings. The van der Waals surface area contributed by atoms with Crippen molar-refractivity contribution < 1.29 is 20.1 Å². The van der Waals surface area contributed by atoms with Crippen LogP contribution in [0.1, 0.15) is 0 Å². The van der Waals surface area contributed by atoms with E-state index in [0.29, 0.717) is 21.5 Å². The van der Waals surface area contributed by atoms with E-state index in [2.05, 4.69) is 10.5 Å². The molecule has 0 atom stereocenters. The van der Waals surface area contributed by atoms with E-state index >= 15 is 0 Å². The number of benzene rings is 3. The van der Waals surface area contributed by atoms with Crippen molar-refractivity contribution >= 4 is 38.6 Å². The topological polar surface area (TPSA) is 151 Å². The molecule has 0 radical (unpaired) electrons. The second kappa shape index (κ2) is 7.59. The second-order valence-electron chi connectivity index (χ2n) is 6.60.